The predicted molar refractivity (Wildman–Crippen MR) is 590 cm³/mol. The predicted octanol–water partition coefficient (Wildman–Crippen LogP) is 32.4. The van der Waals surface area contributed by atoms with Gasteiger partial charge in [0.15, 0.2) is 0 Å². The highest BCUT2D eigenvalue weighted by Gasteiger charge is 2.21. The van der Waals surface area contributed by atoms with Crippen molar-refractivity contribution >= 4 is 215 Å². The number of carbonyl (C=O) groups is 6. The Kier molecular flexibility index (Phi) is 47.9. The Morgan fingerprint density at radius 2 is 0.504 bits per heavy atom. The van der Waals surface area contributed by atoms with Gasteiger partial charge in [-0.25, -0.2) is 4.39 Å². The second-order valence-electron chi connectivity index (χ2n) is 32.2. The molecule has 0 aliphatic rings. The van der Waals surface area contributed by atoms with E-state index in [1.165, 1.54) is 56.1 Å². The maximum Gasteiger partial charge on any atom is 0.224 e. The van der Waals surface area contributed by atoms with Crippen LogP contribution in [0, 0.1) is 99.4 Å². The summed E-state index contributed by atoms with van der Waals surface area (Å²) in [7, 11) is 0. The average molecular weight is 2440 g/mol. The fourth-order valence-corrected chi connectivity index (χ4v) is 17.4. The van der Waals surface area contributed by atoms with E-state index in [4.69, 9.17) is 40.0 Å². The van der Waals surface area contributed by atoms with E-state index >= 15 is 0 Å². The zero-order valence-electron chi connectivity index (χ0n) is 80.6. The number of rotatable bonds is 30. The van der Waals surface area contributed by atoms with E-state index in [1.807, 2.05) is 208 Å². The maximum atomic E-state index is 14.1. The number of halogens is 10. The molecule has 0 aliphatic heterocycles. The third kappa shape index (κ3) is 36.0. The minimum absolute atomic E-state index is 0.000175. The van der Waals surface area contributed by atoms with Crippen molar-refractivity contribution in [2.75, 3.05) is 31.9 Å². The van der Waals surface area contributed by atoms with Crippen LogP contribution in [0.1, 0.15) is 186 Å². The second-order valence-corrected chi connectivity index (χ2v) is 39.7. The number of hydrogen-bond donors (Lipinski definition) is 6. The number of para-hydroxylation sites is 1. The number of ether oxygens (including phenoxy) is 6. The zero-order valence-corrected chi connectivity index (χ0v) is 94.6. The monoisotopic (exact) mass is 2440 g/mol. The van der Waals surface area contributed by atoms with Crippen molar-refractivity contribution in [3.8, 4) is 34.5 Å². The van der Waals surface area contributed by atoms with Gasteiger partial charge in [-0.15, -0.1) is 0 Å². The molecule has 0 atom stereocenters. The summed E-state index contributed by atoms with van der Waals surface area (Å²) >= 11 is 33.2. The molecule has 0 saturated heterocycles. The molecule has 0 radical (unpaired) electrons. The quantitative estimate of drug-likeness (QED) is 0.0231. The molecule has 0 heterocycles. The smallest absolute Gasteiger partial charge is 0.224 e. The number of carbonyl (C=O) groups excluding carboxylic acids is 6. The van der Waals surface area contributed by atoms with Crippen molar-refractivity contribution in [1.82, 2.24) is 0 Å². The van der Waals surface area contributed by atoms with E-state index in [-0.39, 0.29) is 48.7 Å². The van der Waals surface area contributed by atoms with Crippen molar-refractivity contribution in [2.45, 2.75) is 210 Å². The summed E-state index contributed by atoms with van der Waals surface area (Å²) in [6.45, 7) is 39.4. The van der Waals surface area contributed by atoms with Gasteiger partial charge in [0.1, 0.15) is 80.0 Å². The van der Waals surface area contributed by atoms with Gasteiger partial charge in [-0.05, 0) is 414 Å². The molecular formula is C109H118Br7ClFIN6O12. The summed E-state index contributed by atoms with van der Waals surface area (Å²) in [5, 5.41) is 17.8. The van der Waals surface area contributed by atoms with Gasteiger partial charge in [0.2, 0.25) is 35.4 Å². The molecule has 18 nitrogen and oxygen atoms in total. The summed E-state index contributed by atoms with van der Waals surface area (Å²) in [6, 6.07) is 59.3. The molecule has 0 spiro atoms. The topological polar surface area (TPSA) is 230 Å². The molecular weight excluding hydrogens is 2330 g/mol. The van der Waals surface area contributed by atoms with Gasteiger partial charge in [0, 0.05) is 113 Å². The molecule has 0 fully saturated rings. The van der Waals surface area contributed by atoms with Crippen LogP contribution in [-0.4, -0.2) is 35.4 Å². The molecule has 726 valence electrons. The SMILES string of the molecule is CCC(=O)Nc1cccc(Br)c1COc1cc(C)c(C)cc1Br.CCC(=O)Nc1cccc(C)c1COc1cc(C)c(C)cc1Br.CCC(=O)Nc1cccc(Cl)c1COc1cc(C)c(C)cc1Br.CCC(=O)Nc1cccc(F)c1COc1cc(C)c(C)cc1Br.CCC(=O)Nc1cccc(I)c1COc1cc(C)c(C)cc1Br.CCC(=O)Nc1ccccc1COc1cc(C)c(C)cc1Br. The molecule has 12 aromatic rings. The van der Waals surface area contributed by atoms with Crippen LogP contribution in [0.2, 0.25) is 5.02 Å². The molecule has 0 saturated carbocycles. The van der Waals surface area contributed by atoms with Gasteiger partial charge >= 0.3 is 0 Å². The molecule has 6 amide bonds. The Morgan fingerprint density at radius 3 is 0.861 bits per heavy atom. The molecule has 0 unspecified atom stereocenters. The van der Waals surface area contributed by atoms with E-state index in [1.54, 1.807) is 25.1 Å². The van der Waals surface area contributed by atoms with Gasteiger partial charge in [0.05, 0.1) is 32.5 Å². The van der Waals surface area contributed by atoms with Gasteiger partial charge in [-0.2, -0.15) is 0 Å². The fraction of sp³-hybridized carbons (Fsp3) is 0.284. The van der Waals surface area contributed by atoms with Gasteiger partial charge < -0.3 is 60.3 Å². The summed E-state index contributed by atoms with van der Waals surface area (Å²) in [6.07, 6.45) is 2.55. The van der Waals surface area contributed by atoms with Crippen LogP contribution in [0.4, 0.5) is 38.5 Å². The Morgan fingerprint density at radius 1 is 0.263 bits per heavy atom. The number of anilines is 6. The fourth-order valence-electron chi connectivity index (χ4n) is 12.6. The lowest BCUT2D eigenvalue weighted by atomic mass is 10.1. The second kappa shape index (κ2) is 57.3. The highest BCUT2D eigenvalue weighted by Crippen LogP contribution is 2.39. The molecule has 12 aromatic carbocycles. The van der Waals surface area contributed by atoms with E-state index in [2.05, 4.69) is 247 Å². The lowest BCUT2D eigenvalue weighted by Gasteiger charge is -2.16. The third-order valence-corrected chi connectivity index (χ3v) is 27.8. The van der Waals surface area contributed by atoms with E-state index in [9.17, 15) is 33.2 Å². The van der Waals surface area contributed by atoms with E-state index < -0.39 is 5.82 Å². The lowest BCUT2D eigenvalue weighted by molar-refractivity contribution is -0.116. The number of nitrogens with one attached hydrogen (secondary N) is 6. The number of amides is 6. The molecule has 12 rings (SSSR count). The Bertz CT molecular complexity index is 5540. The summed E-state index contributed by atoms with van der Waals surface area (Å²) in [5.41, 5.74) is 24.6. The standard InChI is InChI=1S/C19H22BrNO2.C18H19Br2NO2.C18H19BrClNO2.C18H19BrFNO2.C18H19BrINO2.C18H20BrNO2/c1-5-19(22)21-17-8-6-7-12(2)15(17)11-23-18-10-14(4)13(3)9-16(18)20;1-4-18(22)21-16-7-5-6-14(19)13(16)10-23-17-9-12(3)11(2)8-15(17)20;3*1-4-18(22)21-16-7-5-6-15(20)13(16)10-23-17-9-12(3)11(2)8-14(17)19;1-4-18(21)20-16-8-6-5-7-14(16)11-22-17-10-13(3)12(2)9-15(17)19/h6-10H,5,11H2,1-4H3,(H,21,22);4*5-9H,4,10H2,1-3H3,(H,21,22);5-10H,4,11H2,1-3H3,(H,20,21). The summed E-state index contributed by atoms with van der Waals surface area (Å²) < 4.78 is 57.1. The van der Waals surface area contributed by atoms with Gasteiger partial charge in [-0.3, -0.25) is 28.8 Å². The van der Waals surface area contributed by atoms with Gasteiger partial charge in [0.25, 0.3) is 0 Å². The van der Waals surface area contributed by atoms with Crippen molar-refractivity contribution in [3.63, 3.8) is 0 Å². The van der Waals surface area contributed by atoms with Crippen molar-refractivity contribution in [2.24, 2.45) is 0 Å². The highest BCUT2D eigenvalue weighted by molar-refractivity contribution is 14.1. The first-order chi connectivity index (χ1) is 65.1. The zero-order chi connectivity index (χ0) is 101. The van der Waals surface area contributed by atoms with Crippen LogP contribution in [-0.2, 0) is 68.4 Å². The minimum atomic E-state index is -0.404. The molecule has 0 aliphatic carbocycles. The van der Waals surface area contributed by atoms with Crippen molar-refractivity contribution in [1.29, 1.82) is 0 Å². The first-order valence-corrected chi connectivity index (χ1v) is 51.5. The summed E-state index contributed by atoms with van der Waals surface area (Å²) in [4.78, 5) is 69.9. The molecule has 0 bridgehead atoms. The van der Waals surface area contributed by atoms with E-state index in [0.717, 1.165) is 136 Å². The Labute approximate surface area is 883 Å². The first kappa shape index (κ1) is 115. The third-order valence-electron chi connectivity index (χ3n) is 22.0. The summed E-state index contributed by atoms with van der Waals surface area (Å²) in [5.74, 6) is 3.97. The molecule has 6 N–H and O–H groups in total. The average Bonchev–Trinajstić information content (AvgIpc) is 0.837. The molecule has 137 heavy (non-hydrogen) atoms. The normalized spacial score (nSPS) is 10.5. The number of aryl methyl sites for hydroxylation is 13. The lowest BCUT2D eigenvalue weighted by Crippen LogP contribution is -2.13. The molecule has 28 heteroatoms. The van der Waals surface area contributed by atoms with Crippen LogP contribution in [0.15, 0.2) is 219 Å². The van der Waals surface area contributed by atoms with Crippen molar-refractivity contribution < 1.29 is 61.6 Å². The Balaban J connectivity index is 0.000000224. The van der Waals surface area contributed by atoms with Gasteiger partial charge in [-0.1, -0.05) is 124 Å². The maximum absolute atomic E-state index is 14.1. The first-order valence-electron chi connectivity index (χ1n) is 44.5. The van der Waals surface area contributed by atoms with Crippen LogP contribution in [0.3, 0.4) is 0 Å². The highest BCUT2D eigenvalue weighted by atomic mass is 127. The largest absolute Gasteiger partial charge is 0.488 e. The van der Waals surface area contributed by atoms with Crippen LogP contribution >= 0.6 is 146 Å². The number of benzene rings is 12. The van der Waals surface area contributed by atoms with E-state index in [0.29, 0.717) is 92.7 Å². The van der Waals surface area contributed by atoms with Crippen LogP contribution in [0.5, 0.6) is 34.5 Å². The Hall–Kier alpha value is -9.43. The van der Waals surface area contributed by atoms with Crippen molar-refractivity contribution in [3.05, 3.63) is 339 Å². The molecule has 0 aromatic heterocycles. The van der Waals surface area contributed by atoms with Crippen LogP contribution in [0.25, 0.3) is 0 Å². The number of hydrogen-bond acceptors (Lipinski definition) is 12. The minimum Gasteiger partial charge on any atom is -0.488 e. The van der Waals surface area contributed by atoms with Crippen LogP contribution < -0.4 is 60.3 Å².